The SMILES string of the molecule is Cc1cc(C)c(-c2ccc3c(c2)B2c4c(cc(-c5ccccc5)cc4-n4c5ccccc5c5cccc2c54)O3)c(C)c1. The third kappa shape index (κ3) is 3.17. The molecule has 1 aromatic heterocycles. The van der Waals surface area contributed by atoms with E-state index in [0.29, 0.717) is 0 Å². The number of benzene rings is 6. The average Bonchev–Trinajstić information content (AvgIpc) is 3.34. The second-order valence-corrected chi connectivity index (χ2v) is 11.9. The molecule has 198 valence electrons. The third-order valence-electron chi connectivity index (χ3n) is 9.30. The molecule has 6 aromatic carbocycles. The molecule has 0 aliphatic carbocycles. The Hall–Kier alpha value is -5.02. The highest BCUT2D eigenvalue weighted by molar-refractivity contribution is 6.99. The number of aryl methyl sites for hydroxylation is 3. The molecule has 9 rings (SSSR count). The van der Waals surface area contributed by atoms with Crippen molar-refractivity contribution in [3.8, 4) is 39.4 Å². The lowest BCUT2D eigenvalue weighted by Crippen LogP contribution is -2.58. The zero-order chi connectivity index (χ0) is 28.1. The van der Waals surface area contributed by atoms with Crippen molar-refractivity contribution in [2.45, 2.75) is 20.8 Å². The van der Waals surface area contributed by atoms with Gasteiger partial charge < -0.3 is 9.30 Å². The van der Waals surface area contributed by atoms with E-state index in [-0.39, 0.29) is 6.71 Å². The molecule has 2 aliphatic rings. The molecular weight excluding hydrogens is 509 g/mol. The van der Waals surface area contributed by atoms with Crippen molar-refractivity contribution >= 4 is 44.9 Å². The van der Waals surface area contributed by atoms with Crippen LogP contribution in [0.3, 0.4) is 0 Å². The van der Waals surface area contributed by atoms with Gasteiger partial charge in [0.15, 0.2) is 0 Å². The Balaban J connectivity index is 1.39. The fourth-order valence-electron chi connectivity index (χ4n) is 7.75. The first-order valence-corrected chi connectivity index (χ1v) is 14.7. The van der Waals surface area contributed by atoms with Crippen LogP contribution in [0.4, 0.5) is 0 Å². The van der Waals surface area contributed by atoms with Crippen molar-refractivity contribution in [3.05, 3.63) is 132 Å². The number of ether oxygens (including phenoxy) is 1. The monoisotopic (exact) mass is 537 g/mol. The molecule has 0 radical (unpaired) electrons. The minimum Gasteiger partial charge on any atom is -0.458 e. The lowest BCUT2D eigenvalue weighted by Gasteiger charge is -2.34. The van der Waals surface area contributed by atoms with Gasteiger partial charge >= 0.3 is 0 Å². The van der Waals surface area contributed by atoms with E-state index in [9.17, 15) is 0 Å². The molecule has 0 saturated heterocycles. The quantitative estimate of drug-likeness (QED) is 0.204. The fraction of sp³-hybridized carbons (Fsp3) is 0.0769. The summed E-state index contributed by atoms with van der Waals surface area (Å²) in [7, 11) is 0. The van der Waals surface area contributed by atoms with Gasteiger partial charge in [-0.3, -0.25) is 0 Å². The first-order valence-electron chi connectivity index (χ1n) is 14.7. The standard InChI is InChI=1S/C39H28BNO/c1-23-18-24(2)37(25(3)19-23)27-16-17-35-32(20-27)40-31-14-9-13-30-29-12-7-8-15-33(29)41(39(30)31)34-21-28(22-36(42-35)38(34)40)26-10-5-4-6-11-26/h4-22H,1-3H3. The van der Waals surface area contributed by atoms with Crippen molar-refractivity contribution in [1.29, 1.82) is 0 Å². The molecule has 0 saturated carbocycles. The molecule has 7 aromatic rings. The van der Waals surface area contributed by atoms with Crippen LogP contribution in [0.5, 0.6) is 11.5 Å². The van der Waals surface area contributed by atoms with Crippen molar-refractivity contribution in [2.24, 2.45) is 0 Å². The van der Waals surface area contributed by atoms with Crippen molar-refractivity contribution in [3.63, 3.8) is 0 Å². The van der Waals surface area contributed by atoms with E-state index in [0.717, 1.165) is 11.5 Å². The molecule has 2 aliphatic heterocycles. The van der Waals surface area contributed by atoms with Crippen LogP contribution in [0, 0.1) is 20.8 Å². The number of aromatic nitrogens is 1. The normalized spacial score (nSPS) is 12.8. The average molecular weight is 537 g/mol. The lowest BCUT2D eigenvalue weighted by molar-refractivity contribution is 0.487. The predicted octanol–water partition coefficient (Wildman–Crippen LogP) is 7.98. The van der Waals surface area contributed by atoms with Gasteiger partial charge in [-0.25, -0.2) is 0 Å². The highest BCUT2D eigenvalue weighted by atomic mass is 16.5. The number of nitrogens with zero attached hydrogens (tertiary/aromatic N) is 1. The number of para-hydroxylation sites is 2. The first-order chi connectivity index (χ1) is 20.6. The van der Waals surface area contributed by atoms with Crippen molar-refractivity contribution < 1.29 is 4.74 Å². The van der Waals surface area contributed by atoms with Crippen LogP contribution < -0.4 is 21.1 Å². The Bertz CT molecular complexity index is 2240. The van der Waals surface area contributed by atoms with E-state index >= 15 is 0 Å². The highest BCUT2D eigenvalue weighted by Crippen LogP contribution is 2.40. The molecule has 0 unspecified atom stereocenters. The number of hydrogen-bond donors (Lipinski definition) is 0. The second-order valence-electron chi connectivity index (χ2n) is 11.9. The Morgan fingerprint density at radius 2 is 1.33 bits per heavy atom. The van der Waals surface area contributed by atoms with Crippen LogP contribution in [-0.2, 0) is 0 Å². The van der Waals surface area contributed by atoms with Crippen molar-refractivity contribution in [1.82, 2.24) is 4.57 Å². The van der Waals surface area contributed by atoms with Crippen molar-refractivity contribution in [2.75, 3.05) is 0 Å². The van der Waals surface area contributed by atoms with Gasteiger partial charge in [-0.15, -0.1) is 0 Å². The molecule has 42 heavy (non-hydrogen) atoms. The minimum absolute atomic E-state index is 0.0788. The summed E-state index contributed by atoms with van der Waals surface area (Å²) in [6, 6.07) is 42.3. The Labute approximate surface area is 245 Å². The molecule has 0 spiro atoms. The van der Waals surface area contributed by atoms with E-state index in [2.05, 4.69) is 141 Å². The molecule has 2 nitrogen and oxygen atoms in total. The Morgan fingerprint density at radius 1 is 0.571 bits per heavy atom. The molecule has 0 bridgehead atoms. The highest BCUT2D eigenvalue weighted by Gasteiger charge is 2.40. The largest absolute Gasteiger partial charge is 0.458 e. The number of rotatable bonds is 2. The van der Waals surface area contributed by atoms with Crippen LogP contribution >= 0.6 is 0 Å². The fourth-order valence-corrected chi connectivity index (χ4v) is 7.75. The third-order valence-corrected chi connectivity index (χ3v) is 9.30. The summed E-state index contributed by atoms with van der Waals surface area (Å²) >= 11 is 0. The van der Waals surface area contributed by atoms with E-state index in [1.165, 1.54) is 82.8 Å². The maximum Gasteiger partial charge on any atom is 0.256 e. The summed E-state index contributed by atoms with van der Waals surface area (Å²) in [4.78, 5) is 0. The van der Waals surface area contributed by atoms with E-state index in [1.807, 2.05) is 0 Å². The lowest BCUT2D eigenvalue weighted by atomic mass is 9.34. The summed E-state index contributed by atoms with van der Waals surface area (Å²) < 4.78 is 9.32. The number of fused-ring (bicyclic) bond motifs is 7. The van der Waals surface area contributed by atoms with Gasteiger partial charge in [-0.05, 0) is 94.8 Å². The topological polar surface area (TPSA) is 14.2 Å². The van der Waals surface area contributed by atoms with Crippen LogP contribution in [0.2, 0.25) is 0 Å². The van der Waals surface area contributed by atoms with Crippen LogP contribution in [-0.4, -0.2) is 11.3 Å². The summed E-state index contributed by atoms with van der Waals surface area (Å²) in [5.74, 6) is 1.89. The van der Waals surface area contributed by atoms with Crippen LogP contribution in [0.15, 0.2) is 115 Å². The summed E-state index contributed by atoms with van der Waals surface area (Å²) in [6.45, 7) is 6.71. The van der Waals surface area contributed by atoms with Crippen LogP contribution in [0.25, 0.3) is 49.7 Å². The maximum atomic E-state index is 6.84. The van der Waals surface area contributed by atoms with E-state index < -0.39 is 0 Å². The van der Waals surface area contributed by atoms with Gasteiger partial charge in [0, 0.05) is 22.0 Å². The molecule has 3 heteroatoms. The Morgan fingerprint density at radius 3 is 2.17 bits per heavy atom. The summed E-state index contributed by atoms with van der Waals surface area (Å²) in [5, 5.41) is 2.59. The van der Waals surface area contributed by atoms with Gasteiger partial charge in [0.25, 0.3) is 6.71 Å². The van der Waals surface area contributed by atoms with E-state index in [4.69, 9.17) is 4.74 Å². The molecule has 0 amide bonds. The van der Waals surface area contributed by atoms with Gasteiger partial charge in [0.2, 0.25) is 0 Å². The second kappa shape index (κ2) is 8.50. The molecule has 3 heterocycles. The van der Waals surface area contributed by atoms with Crippen LogP contribution in [0.1, 0.15) is 16.7 Å². The molecule has 0 fully saturated rings. The summed E-state index contributed by atoms with van der Waals surface area (Å²) in [5.41, 5.74) is 16.4. The molecule has 0 atom stereocenters. The smallest absolute Gasteiger partial charge is 0.256 e. The predicted molar refractivity (Wildman–Crippen MR) is 177 cm³/mol. The van der Waals surface area contributed by atoms with Gasteiger partial charge in [0.05, 0.1) is 5.52 Å². The number of hydrogen-bond acceptors (Lipinski definition) is 1. The zero-order valence-corrected chi connectivity index (χ0v) is 23.9. The van der Waals surface area contributed by atoms with Gasteiger partial charge in [-0.2, -0.15) is 0 Å². The minimum atomic E-state index is 0.0788. The first kappa shape index (κ1) is 23.7. The van der Waals surface area contributed by atoms with E-state index in [1.54, 1.807) is 0 Å². The zero-order valence-electron chi connectivity index (χ0n) is 23.9. The molecular formula is C39H28BNO. The molecule has 0 N–H and O–H groups in total. The summed E-state index contributed by atoms with van der Waals surface area (Å²) in [6.07, 6.45) is 0. The van der Waals surface area contributed by atoms with Gasteiger partial charge in [0.1, 0.15) is 11.5 Å². The maximum absolute atomic E-state index is 6.84. The Kier molecular flexibility index (Phi) is 4.79. The van der Waals surface area contributed by atoms with Gasteiger partial charge in [-0.1, -0.05) is 96.6 Å².